The zero-order chi connectivity index (χ0) is 19.0. The molecule has 0 fully saturated rings. The van der Waals surface area contributed by atoms with Gasteiger partial charge in [0, 0.05) is 35.5 Å². The molecule has 1 aliphatic rings. The van der Waals surface area contributed by atoms with Crippen molar-refractivity contribution in [1.29, 1.82) is 0 Å². The number of aryl methyl sites for hydroxylation is 1. The van der Waals surface area contributed by atoms with Crippen molar-refractivity contribution in [2.45, 2.75) is 43.4 Å². The number of rotatable bonds is 5. The molecule has 1 unspecified atom stereocenters. The summed E-state index contributed by atoms with van der Waals surface area (Å²) in [4.78, 5) is 29.8. The molecule has 1 amide bonds. The number of aromatic nitrogens is 3. The highest BCUT2D eigenvalue weighted by Gasteiger charge is 2.23. The van der Waals surface area contributed by atoms with Gasteiger partial charge in [0.2, 0.25) is 5.91 Å². The van der Waals surface area contributed by atoms with Crippen molar-refractivity contribution in [3.8, 4) is 0 Å². The number of thiazole rings is 1. The van der Waals surface area contributed by atoms with E-state index in [-0.39, 0.29) is 5.91 Å². The van der Waals surface area contributed by atoms with Crippen molar-refractivity contribution >= 4 is 50.6 Å². The first-order valence-corrected chi connectivity index (χ1v) is 11.7. The normalized spacial score (nSPS) is 16.5. The summed E-state index contributed by atoms with van der Waals surface area (Å²) in [5.41, 5.74) is 2.47. The molecular formula is C19H22N4OS3. The molecule has 4 rings (SSSR count). The van der Waals surface area contributed by atoms with Crippen LogP contribution in [0, 0.1) is 5.92 Å². The highest BCUT2D eigenvalue weighted by Crippen LogP contribution is 2.41. The summed E-state index contributed by atoms with van der Waals surface area (Å²) in [7, 11) is 3.55. The van der Waals surface area contributed by atoms with Gasteiger partial charge < -0.3 is 4.90 Å². The van der Waals surface area contributed by atoms with E-state index in [4.69, 9.17) is 0 Å². The molecule has 0 N–H and O–H groups in total. The van der Waals surface area contributed by atoms with Crippen LogP contribution in [-0.4, -0.2) is 39.9 Å². The fourth-order valence-electron chi connectivity index (χ4n) is 3.28. The molecule has 0 bridgehead atoms. The van der Waals surface area contributed by atoms with Crippen LogP contribution in [0.25, 0.3) is 10.2 Å². The Morgan fingerprint density at radius 3 is 3.04 bits per heavy atom. The van der Waals surface area contributed by atoms with Gasteiger partial charge in [0.25, 0.3) is 0 Å². The number of likely N-dealkylation sites (N-methyl/N-ethyl adjacent to an activating group) is 1. The fraction of sp³-hybridized carbons (Fsp3) is 0.474. The summed E-state index contributed by atoms with van der Waals surface area (Å²) in [5, 5.41) is 5.24. The van der Waals surface area contributed by atoms with Gasteiger partial charge in [0.15, 0.2) is 0 Å². The molecule has 0 aromatic carbocycles. The SMILES string of the molecule is CC1CCc2c(sc3ncnc(SCc4csc(CC(=O)N(C)C)n4)c23)C1. The zero-order valence-electron chi connectivity index (χ0n) is 15.7. The number of amides is 1. The summed E-state index contributed by atoms with van der Waals surface area (Å²) in [6, 6.07) is 0. The van der Waals surface area contributed by atoms with Crippen LogP contribution < -0.4 is 0 Å². The minimum atomic E-state index is 0.0835. The van der Waals surface area contributed by atoms with Crippen LogP contribution in [0.1, 0.15) is 34.5 Å². The largest absolute Gasteiger partial charge is 0.348 e. The molecule has 5 nitrogen and oxygen atoms in total. The van der Waals surface area contributed by atoms with E-state index in [1.807, 2.05) is 11.3 Å². The van der Waals surface area contributed by atoms with Crippen molar-refractivity contribution < 1.29 is 4.79 Å². The van der Waals surface area contributed by atoms with Crippen molar-refractivity contribution in [2.24, 2.45) is 5.92 Å². The van der Waals surface area contributed by atoms with Gasteiger partial charge in [-0.25, -0.2) is 15.0 Å². The van der Waals surface area contributed by atoms with Crippen LogP contribution in [0.4, 0.5) is 0 Å². The molecule has 3 heterocycles. The second-order valence-electron chi connectivity index (χ2n) is 7.20. The van der Waals surface area contributed by atoms with Gasteiger partial charge in [-0.2, -0.15) is 0 Å². The Bertz CT molecular complexity index is 979. The van der Waals surface area contributed by atoms with Gasteiger partial charge in [0.05, 0.1) is 12.1 Å². The molecule has 0 radical (unpaired) electrons. The Kier molecular flexibility index (Phi) is 5.48. The Labute approximate surface area is 171 Å². The second-order valence-corrected chi connectivity index (χ2v) is 10.2. The molecule has 0 saturated carbocycles. The lowest BCUT2D eigenvalue weighted by Gasteiger charge is -2.18. The van der Waals surface area contributed by atoms with Crippen molar-refractivity contribution in [1.82, 2.24) is 19.9 Å². The Hall–Kier alpha value is -1.51. The average Bonchev–Trinajstić information content (AvgIpc) is 3.23. The molecule has 0 spiro atoms. The fourth-order valence-corrected chi connectivity index (χ4v) is 6.51. The number of carbonyl (C=O) groups excluding carboxylic acids is 1. The molecule has 27 heavy (non-hydrogen) atoms. The summed E-state index contributed by atoms with van der Waals surface area (Å²) in [5.74, 6) is 1.60. The highest BCUT2D eigenvalue weighted by atomic mass is 32.2. The van der Waals surface area contributed by atoms with Gasteiger partial charge >= 0.3 is 0 Å². The number of hydrogen-bond acceptors (Lipinski definition) is 7. The van der Waals surface area contributed by atoms with Crippen LogP contribution in [-0.2, 0) is 29.8 Å². The van der Waals surface area contributed by atoms with Crippen molar-refractivity contribution in [3.63, 3.8) is 0 Å². The third-order valence-corrected chi connectivity index (χ3v) is 7.90. The summed E-state index contributed by atoms with van der Waals surface area (Å²) < 4.78 is 0. The monoisotopic (exact) mass is 418 g/mol. The minimum Gasteiger partial charge on any atom is -0.348 e. The molecule has 142 valence electrons. The van der Waals surface area contributed by atoms with Gasteiger partial charge in [-0.15, -0.1) is 22.7 Å². The molecule has 0 saturated heterocycles. The lowest BCUT2D eigenvalue weighted by molar-refractivity contribution is -0.127. The molecule has 1 aliphatic carbocycles. The third kappa shape index (κ3) is 4.02. The minimum absolute atomic E-state index is 0.0835. The van der Waals surface area contributed by atoms with Gasteiger partial charge in [0.1, 0.15) is 21.2 Å². The highest BCUT2D eigenvalue weighted by molar-refractivity contribution is 7.98. The Balaban J connectivity index is 1.51. The van der Waals surface area contributed by atoms with Crippen LogP contribution in [0.3, 0.4) is 0 Å². The molecule has 0 aliphatic heterocycles. The molecular weight excluding hydrogens is 396 g/mol. The predicted molar refractivity (Wildman–Crippen MR) is 113 cm³/mol. The smallest absolute Gasteiger partial charge is 0.228 e. The van der Waals surface area contributed by atoms with Crippen molar-refractivity contribution in [2.75, 3.05) is 14.1 Å². The standard InChI is InChI=1S/C19H22N4OS3/c1-11-4-5-13-14(6-11)27-19-17(13)18(20-10-21-19)26-9-12-8-25-15(22-12)7-16(24)23(2)3/h8,10-11H,4-7,9H2,1-3H3. The lowest BCUT2D eigenvalue weighted by atomic mass is 9.89. The van der Waals surface area contributed by atoms with Gasteiger partial charge in [-0.05, 0) is 30.7 Å². The van der Waals surface area contributed by atoms with Crippen LogP contribution in [0.15, 0.2) is 16.7 Å². The quantitative estimate of drug-likeness (QED) is 0.459. The summed E-state index contributed by atoms with van der Waals surface area (Å²) in [6.07, 6.45) is 5.59. The van der Waals surface area contributed by atoms with E-state index < -0.39 is 0 Å². The lowest BCUT2D eigenvalue weighted by Crippen LogP contribution is -2.23. The average molecular weight is 419 g/mol. The van der Waals surface area contributed by atoms with E-state index in [9.17, 15) is 4.79 Å². The Morgan fingerprint density at radius 2 is 2.22 bits per heavy atom. The zero-order valence-corrected chi connectivity index (χ0v) is 18.1. The maximum Gasteiger partial charge on any atom is 0.228 e. The maximum atomic E-state index is 11.8. The number of hydrogen-bond donors (Lipinski definition) is 0. The van der Waals surface area contributed by atoms with Crippen molar-refractivity contribution in [3.05, 3.63) is 32.8 Å². The van der Waals surface area contributed by atoms with E-state index in [0.717, 1.165) is 45.1 Å². The first-order chi connectivity index (χ1) is 13.0. The van der Waals surface area contributed by atoms with E-state index >= 15 is 0 Å². The second kappa shape index (κ2) is 7.85. The predicted octanol–water partition coefficient (Wildman–Crippen LogP) is 4.20. The van der Waals surface area contributed by atoms with Gasteiger partial charge in [-0.3, -0.25) is 4.79 Å². The summed E-state index contributed by atoms with van der Waals surface area (Å²) >= 11 is 5.11. The number of nitrogens with zero attached hydrogens (tertiary/aromatic N) is 4. The van der Waals surface area contributed by atoms with Crippen LogP contribution in [0.2, 0.25) is 0 Å². The first kappa shape index (κ1) is 18.8. The summed E-state index contributed by atoms with van der Waals surface area (Å²) in [6.45, 7) is 2.33. The molecule has 3 aromatic heterocycles. The number of fused-ring (bicyclic) bond motifs is 3. The van der Waals surface area contributed by atoms with E-state index in [2.05, 4.69) is 27.3 Å². The van der Waals surface area contributed by atoms with E-state index in [0.29, 0.717) is 6.42 Å². The van der Waals surface area contributed by atoms with Crippen LogP contribution in [0.5, 0.6) is 0 Å². The number of thiophene rings is 1. The molecule has 1 atom stereocenters. The van der Waals surface area contributed by atoms with Crippen LogP contribution >= 0.6 is 34.4 Å². The Morgan fingerprint density at radius 1 is 1.37 bits per heavy atom. The van der Waals surface area contributed by atoms with Gasteiger partial charge in [-0.1, -0.05) is 18.7 Å². The first-order valence-electron chi connectivity index (χ1n) is 9.02. The van der Waals surface area contributed by atoms with E-state index in [1.54, 1.807) is 48.4 Å². The molecule has 3 aromatic rings. The number of thioether (sulfide) groups is 1. The third-order valence-electron chi connectivity index (χ3n) is 4.81. The number of carbonyl (C=O) groups is 1. The topological polar surface area (TPSA) is 59.0 Å². The van der Waals surface area contributed by atoms with E-state index in [1.165, 1.54) is 22.2 Å². The maximum absolute atomic E-state index is 11.8. The molecule has 8 heteroatoms.